The lowest BCUT2D eigenvalue weighted by Crippen LogP contribution is -1.95. The van der Waals surface area contributed by atoms with Gasteiger partial charge in [-0.15, -0.1) is 0 Å². The third kappa shape index (κ3) is 1.97. The number of nitrogen functional groups attached to an aromatic ring is 1. The number of nitrogens with zero attached hydrogens (tertiary/aromatic N) is 2. The summed E-state index contributed by atoms with van der Waals surface area (Å²) < 4.78 is 5.30. The maximum absolute atomic E-state index is 5.98. The van der Waals surface area contributed by atoms with Crippen LogP contribution >= 0.6 is 11.6 Å². The van der Waals surface area contributed by atoms with Crippen LogP contribution in [0.15, 0.2) is 22.7 Å². The fraction of sp³-hybridized carbons (Fsp3) is 0.385. The van der Waals surface area contributed by atoms with E-state index in [-0.39, 0.29) is 0 Å². The van der Waals surface area contributed by atoms with Gasteiger partial charge in [-0.2, -0.15) is 4.98 Å². The minimum atomic E-state index is 0.433. The van der Waals surface area contributed by atoms with Gasteiger partial charge in [0.1, 0.15) is 0 Å². The summed E-state index contributed by atoms with van der Waals surface area (Å²) >= 11 is 5.98. The fourth-order valence-corrected chi connectivity index (χ4v) is 2.59. The van der Waals surface area contributed by atoms with Crippen molar-refractivity contribution in [1.29, 1.82) is 0 Å². The van der Waals surface area contributed by atoms with E-state index in [0.29, 0.717) is 28.1 Å². The van der Waals surface area contributed by atoms with Crippen LogP contribution in [0.5, 0.6) is 0 Å². The molecule has 0 amide bonds. The second-order valence-electron chi connectivity index (χ2n) is 4.64. The average molecular weight is 264 g/mol. The van der Waals surface area contributed by atoms with Gasteiger partial charge < -0.3 is 10.3 Å². The van der Waals surface area contributed by atoms with Gasteiger partial charge in [0.2, 0.25) is 0 Å². The molecule has 0 spiro atoms. The molecule has 0 atom stereocenters. The van der Waals surface area contributed by atoms with Gasteiger partial charge >= 0.3 is 0 Å². The highest BCUT2D eigenvalue weighted by molar-refractivity contribution is 6.33. The van der Waals surface area contributed by atoms with Crippen molar-refractivity contribution >= 4 is 17.3 Å². The first-order chi connectivity index (χ1) is 8.75. The SMILES string of the molecule is Nc1c(Cl)cccc1-c1nc(C2CCCC2)no1. The number of halogens is 1. The molecule has 5 heteroatoms. The van der Waals surface area contributed by atoms with Crippen LogP contribution in [0, 0.1) is 0 Å². The van der Waals surface area contributed by atoms with Crippen LogP contribution in [0.3, 0.4) is 0 Å². The molecule has 1 aromatic carbocycles. The number of benzene rings is 1. The molecule has 0 aliphatic heterocycles. The zero-order valence-electron chi connectivity index (χ0n) is 9.90. The molecule has 3 rings (SSSR count). The number of aromatic nitrogens is 2. The fourth-order valence-electron chi connectivity index (χ4n) is 2.42. The number of anilines is 1. The molecular formula is C13H14ClN3O. The van der Waals surface area contributed by atoms with Gasteiger partial charge in [-0.1, -0.05) is 35.7 Å². The van der Waals surface area contributed by atoms with Crippen molar-refractivity contribution in [1.82, 2.24) is 10.1 Å². The van der Waals surface area contributed by atoms with Crippen LogP contribution in [0.25, 0.3) is 11.5 Å². The molecular weight excluding hydrogens is 250 g/mol. The Hall–Kier alpha value is -1.55. The molecule has 1 aromatic heterocycles. The zero-order chi connectivity index (χ0) is 12.5. The van der Waals surface area contributed by atoms with E-state index in [0.717, 1.165) is 18.7 Å². The Bertz CT molecular complexity index is 561. The first-order valence-electron chi connectivity index (χ1n) is 6.13. The van der Waals surface area contributed by atoms with Gasteiger partial charge in [0, 0.05) is 5.92 Å². The van der Waals surface area contributed by atoms with Crippen molar-refractivity contribution in [3.8, 4) is 11.5 Å². The van der Waals surface area contributed by atoms with E-state index >= 15 is 0 Å². The van der Waals surface area contributed by atoms with E-state index < -0.39 is 0 Å². The van der Waals surface area contributed by atoms with Crippen molar-refractivity contribution in [3.05, 3.63) is 29.0 Å². The van der Waals surface area contributed by atoms with Gasteiger partial charge in [-0.25, -0.2) is 0 Å². The highest BCUT2D eigenvalue weighted by atomic mass is 35.5. The topological polar surface area (TPSA) is 64.9 Å². The number of hydrogen-bond acceptors (Lipinski definition) is 4. The Kier molecular flexibility index (Phi) is 2.96. The summed E-state index contributed by atoms with van der Waals surface area (Å²) in [5.41, 5.74) is 7.11. The van der Waals surface area contributed by atoms with Gasteiger partial charge in [0.25, 0.3) is 5.89 Å². The van der Waals surface area contributed by atoms with Crippen LogP contribution in [0.4, 0.5) is 5.69 Å². The lowest BCUT2D eigenvalue weighted by atomic mass is 10.1. The van der Waals surface area contributed by atoms with Gasteiger partial charge in [0.05, 0.1) is 16.3 Å². The Morgan fingerprint density at radius 1 is 1.28 bits per heavy atom. The van der Waals surface area contributed by atoms with Gasteiger partial charge in [0.15, 0.2) is 5.82 Å². The highest BCUT2D eigenvalue weighted by Gasteiger charge is 2.23. The van der Waals surface area contributed by atoms with Crippen molar-refractivity contribution < 1.29 is 4.52 Å². The predicted molar refractivity (Wildman–Crippen MR) is 70.4 cm³/mol. The first-order valence-corrected chi connectivity index (χ1v) is 6.51. The second kappa shape index (κ2) is 4.61. The highest BCUT2D eigenvalue weighted by Crippen LogP contribution is 2.35. The maximum atomic E-state index is 5.98. The summed E-state index contributed by atoms with van der Waals surface area (Å²) in [5, 5.41) is 4.57. The number of hydrogen-bond donors (Lipinski definition) is 1. The van der Waals surface area contributed by atoms with Crippen molar-refractivity contribution in [3.63, 3.8) is 0 Å². The van der Waals surface area contributed by atoms with Crippen molar-refractivity contribution in [2.75, 3.05) is 5.73 Å². The molecule has 2 aromatic rings. The molecule has 0 saturated heterocycles. The first kappa shape index (κ1) is 11.5. The smallest absolute Gasteiger partial charge is 0.260 e. The largest absolute Gasteiger partial charge is 0.397 e. The molecule has 1 aliphatic carbocycles. The summed E-state index contributed by atoms with van der Waals surface area (Å²) in [4.78, 5) is 4.45. The van der Waals surface area contributed by atoms with Crippen LogP contribution in [0.2, 0.25) is 5.02 Å². The molecule has 1 heterocycles. The Labute approximate surface area is 110 Å². The van der Waals surface area contributed by atoms with Gasteiger partial charge in [-0.3, -0.25) is 0 Å². The molecule has 94 valence electrons. The normalized spacial score (nSPS) is 16.3. The van der Waals surface area contributed by atoms with Crippen molar-refractivity contribution in [2.45, 2.75) is 31.6 Å². The monoisotopic (exact) mass is 263 g/mol. The lowest BCUT2D eigenvalue weighted by molar-refractivity contribution is 0.416. The molecule has 4 nitrogen and oxygen atoms in total. The van der Waals surface area contributed by atoms with E-state index in [9.17, 15) is 0 Å². The van der Waals surface area contributed by atoms with E-state index in [2.05, 4.69) is 10.1 Å². The third-order valence-electron chi connectivity index (χ3n) is 3.45. The lowest BCUT2D eigenvalue weighted by Gasteiger charge is -2.02. The summed E-state index contributed by atoms with van der Waals surface area (Å²) in [6, 6.07) is 5.41. The Balaban J connectivity index is 1.95. The van der Waals surface area contributed by atoms with Crippen LogP contribution in [-0.2, 0) is 0 Å². The summed E-state index contributed by atoms with van der Waals surface area (Å²) in [6.45, 7) is 0. The maximum Gasteiger partial charge on any atom is 0.260 e. The molecule has 1 saturated carbocycles. The molecule has 1 aliphatic rings. The van der Waals surface area contributed by atoms with Crippen LogP contribution in [0.1, 0.15) is 37.4 Å². The molecule has 2 N–H and O–H groups in total. The summed E-state index contributed by atoms with van der Waals surface area (Å²) in [6.07, 6.45) is 4.77. The number of para-hydroxylation sites is 1. The summed E-state index contributed by atoms with van der Waals surface area (Å²) in [5.74, 6) is 1.68. The minimum absolute atomic E-state index is 0.433. The van der Waals surface area contributed by atoms with Crippen LogP contribution in [-0.4, -0.2) is 10.1 Å². The van der Waals surface area contributed by atoms with Crippen molar-refractivity contribution in [2.24, 2.45) is 0 Å². The van der Waals surface area contributed by atoms with E-state index in [1.807, 2.05) is 12.1 Å². The molecule has 1 fully saturated rings. The average Bonchev–Trinajstić information content (AvgIpc) is 3.01. The standard InChI is InChI=1S/C13H14ClN3O/c14-10-7-3-6-9(11(10)15)13-16-12(17-18-13)8-4-1-2-5-8/h3,6-8H,1-2,4-5,15H2. The third-order valence-corrected chi connectivity index (χ3v) is 3.77. The van der Waals surface area contributed by atoms with Gasteiger partial charge in [-0.05, 0) is 25.0 Å². The zero-order valence-corrected chi connectivity index (χ0v) is 10.7. The Morgan fingerprint density at radius 3 is 2.83 bits per heavy atom. The second-order valence-corrected chi connectivity index (χ2v) is 5.05. The minimum Gasteiger partial charge on any atom is -0.397 e. The molecule has 18 heavy (non-hydrogen) atoms. The quantitative estimate of drug-likeness (QED) is 0.841. The van der Waals surface area contributed by atoms with Crippen LogP contribution < -0.4 is 5.73 Å². The number of nitrogens with two attached hydrogens (primary N) is 1. The molecule has 0 bridgehead atoms. The number of rotatable bonds is 2. The van der Waals surface area contributed by atoms with E-state index in [1.54, 1.807) is 6.07 Å². The molecule has 0 unspecified atom stereocenters. The Morgan fingerprint density at radius 2 is 2.06 bits per heavy atom. The molecule has 0 radical (unpaired) electrons. The summed E-state index contributed by atoms with van der Waals surface area (Å²) in [7, 11) is 0. The van der Waals surface area contributed by atoms with E-state index in [1.165, 1.54) is 12.8 Å². The predicted octanol–water partition coefficient (Wildman–Crippen LogP) is 3.63. The van der Waals surface area contributed by atoms with E-state index in [4.69, 9.17) is 21.9 Å².